The standard InChI is InChI=1S/C14H17N3OS/c1-9-13(19-8-16-9)10(2)17-12-6-4-11(5-7-12)14(18)15-3/h4-8,10,17H,1-3H3,(H,15,18). The van der Waals surface area contributed by atoms with Gasteiger partial charge >= 0.3 is 0 Å². The van der Waals surface area contributed by atoms with Gasteiger partial charge in [-0.2, -0.15) is 0 Å². The molecular formula is C14H17N3OS. The minimum absolute atomic E-state index is 0.0714. The van der Waals surface area contributed by atoms with Crippen molar-refractivity contribution >= 4 is 22.9 Å². The molecule has 2 aromatic rings. The van der Waals surface area contributed by atoms with Crippen molar-refractivity contribution in [3.8, 4) is 0 Å². The van der Waals surface area contributed by atoms with E-state index in [1.54, 1.807) is 18.4 Å². The number of aryl methyl sites for hydroxylation is 1. The largest absolute Gasteiger partial charge is 0.378 e. The minimum Gasteiger partial charge on any atom is -0.378 e. The highest BCUT2D eigenvalue weighted by molar-refractivity contribution is 7.09. The minimum atomic E-state index is -0.0714. The van der Waals surface area contributed by atoms with E-state index in [4.69, 9.17) is 0 Å². The maximum atomic E-state index is 11.4. The first-order valence-corrected chi connectivity index (χ1v) is 6.98. The summed E-state index contributed by atoms with van der Waals surface area (Å²) in [5.74, 6) is -0.0714. The number of thiazole rings is 1. The molecule has 5 heteroatoms. The summed E-state index contributed by atoms with van der Waals surface area (Å²) in [4.78, 5) is 16.9. The van der Waals surface area contributed by atoms with E-state index in [1.165, 1.54) is 4.88 Å². The Morgan fingerprint density at radius 1 is 1.32 bits per heavy atom. The van der Waals surface area contributed by atoms with Gasteiger partial charge in [-0.1, -0.05) is 0 Å². The monoisotopic (exact) mass is 275 g/mol. The predicted octanol–water partition coefficient (Wildman–Crippen LogP) is 2.98. The van der Waals surface area contributed by atoms with Crippen molar-refractivity contribution in [2.75, 3.05) is 12.4 Å². The van der Waals surface area contributed by atoms with Crippen LogP contribution in [0.2, 0.25) is 0 Å². The van der Waals surface area contributed by atoms with Crippen LogP contribution in [-0.2, 0) is 0 Å². The van der Waals surface area contributed by atoms with E-state index >= 15 is 0 Å². The van der Waals surface area contributed by atoms with Crippen molar-refractivity contribution in [3.05, 3.63) is 45.9 Å². The Kier molecular flexibility index (Phi) is 4.16. The van der Waals surface area contributed by atoms with Gasteiger partial charge in [0.1, 0.15) is 0 Å². The lowest BCUT2D eigenvalue weighted by Crippen LogP contribution is -2.17. The Morgan fingerprint density at radius 2 is 2.00 bits per heavy atom. The maximum Gasteiger partial charge on any atom is 0.251 e. The van der Waals surface area contributed by atoms with Crippen LogP contribution in [0.25, 0.3) is 0 Å². The lowest BCUT2D eigenvalue weighted by molar-refractivity contribution is 0.0963. The molecule has 100 valence electrons. The Hall–Kier alpha value is -1.88. The van der Waals surface area contributed by atoms with Gasteiger partial charge in [0.25, 0.3) is 5.91 Å². The van der Waals surface area contributed by atoms with Crippen LogP contribution in [0, 0.1) is 6.92 Å². The number of hydrogen-bond acceptors (Lipinski definition) is 4. The number of rotatable bonds is 4. The van der Waals surface area contributed by atoms with Crippen LogP contribution in [0.4, 0.5) is 5.69 Å². The van der Waals surface area contributed by atoms with Crippen LogP contribution in [0.1, 0.15) is 33.9 Å². The lowest BCUT2D eigenvalue weighted by atomic mass is 10.1. The summed E-state index contributed by atoms with van der Waals surface area (Å²) in [5.41, 5.74) is 4.58. The first kappa shape index (κ1) is 13.5. The average molecular weight is 275 g/mol. The zero-order chi connectivity index (χ0) is 13.8. The molecule has 1 aromatic heterocycles. The van der Waals surface area contributed by atoms with E-state index in [1.807, 2.05) is 36.7 Å². The van der Waals surface area contributed by atoms with Crippen molar-refractivity contribution in [1.82, 2.24) is 10.3 Å². The summed E-state index contributed by atoms with van der Waals surface area (Å²) < 4.78 is 0. The summed E-state index contributed by atoms with van der Waals surface area (Å²) in [6.45, 7) is 4.12. The first-order valence-electron chi connectivity index (χ1n) is 6.10. The van der Waals surface area contributed by atoms with E-state index in [0.717, 1.165) is 11.4 Å². The molecule has 0 saturated carbocycles. The molecule has 4 nitrogen and oxygen atoms in total. The fourth-order valence-corrected chi connectivity index (χ4v) is 2.71. The van der Waals surface area contributed by atoms with Gasteiger partial charge in [-0.25, -0.2) is 4.98 Å². The third kappa shape index (κ3) is 3.12. The zero-order valence-corrected chi connectivity index (χ0v) is 12.0. The number of amides is 1. The average Bonchev–Trinajstić information content (AvgIpc) is 2.85. The third-order valence-corrected chi connectivity index (χ3v) is 4.05. The van der Waals surface area contributed by atoms with Gasteiger partial charge in [0.15, 0.2) is 0 Å². The molecule has 1 aromatic carbocycles. The molecule has 0 radical (unpaired) electrons. The van der Waals surface area contributed by atoms with Gasteiger partial charge in [-0.15, -0.1) is 11.3 Å². The van der Waals surface area contributed by atoms with Crippen molar-refractivity contribution in [3.63, 3.8) is 0 Å². The normalized spacial score (nSPS) is 11.9. The van der Waals surface area contributed by atoms with Gasteiger partial charge < -0.3 is 10.6 Å². The van der Waals surface area contributed by atoms with Crippen molar-refractivity contribution < 1.29 is 4.79 Å². The molecule has 1 unspecified atom stereocenters. The van der Waals surface area contributed by atoms with E-state index in [9.17, 15) is 4.79 Å². The summed E-state index contributed by atoms with van der Waals surface area (Å²) in [5, 5.41) is 6.01. The van der Waals surface area contributed by atoms with Crippen molar-refractivity contribution in [2.45, 2.75) is 19.9 Å². The molecule has 0 spiro atoms. The highest BCUT2D eigenvalue weighted by Crippen LogP contribution is 2.25. The van der Waals surface area contributed by atoms with E-state index < -0.39 is 0 Å². The number of benzene rings is 1. The molecule has 2 N–H and O–H groups in total. The second-order valence-corrected chi connectivity index (χ2v) is 5.21. The Balaban J connectivity index is 2.08. The fraction of sp³-hybridized carbons (Fsp3) is 0.286. The molecular weight excluding hydrogens is 258 g/mol. The van der Waals surface area contributed by atoms with Crippen LogP contribution < -0.4 is 10.6 Å². The number of aromatic nitrogens is 1. The van der Waals surface area contributed by atoms with Gasteiger partial charge in [0.05, 0.1) is 17.2 Å². The van der Waals surface area contributed by atoms with Gasteiger partial charge in [0, 0.05) is 23.2 Å². The highest BCUT2D eigenvalue weighted by atomic mass is 32.1. The number of nitrogens with one attached hydrogen (secondary N) is 2. The topological polar surface area (TPSA) is 54.0 Å². The molecule has 0 aliphatic heterocycles. The molecule has 0 saturated heterocycles. The van der Waals surface area contributed by atoms with Crippen molar-refractivity contribution in [1.29, 1.82) is 0 Å². The Morgan fingerprint density at radius 3 is 2.53 bits per heavy atom. The van der Waals surface area contributed by atoms with Gasteiger partial charge in [-0.05, 0) is 38.1 Å². The number of carbonyl (C=O) groups is 1. The summed E-state index contributed by atoms with van der Waals surface area (Å²) in [6, 6.07) is 7.66. The highest BCUT2D eigenvalue weighted by Gasteiger charge is 2.11. The lowest BCUT2D eigenvalue weighted by Gasteiger charge is -2.14. The Bertz CT molecular complexity index is 562. The molecule has 0 aliphatic carbocycles. The molecule has 0 bridgehead atoms. The van der Waals surface area contributed by atoms with Crippen LogP contribution in [0.5, 0.6) is 0 Å². The molecule has 1 atom stereocenters. The molecule has 1 heterocycles. The van der Waals surface area contributed by atoms with Crippen LogP contribution in [-0.4, -0.2) is 17.9 Å². The molecule has 0 aliphatic rings. The van der Waals surface area contributed by atoms with Crippen LogP contribution in [0.15, 0.2) is 29.8 Å². The predicted molar refractivity (Wildman–Crippen MR) is 78.7 cm³/mol. The smallest absolute Gasteiger partial charge is 0.251 e. The maximum absolute atomic E-state index is 11.4. The van der Waals surface area contributed by atoms with E-state index in [2.05, 4.69) is 22.5 Å². The van der Waals surface area contributed by atoms with Gasteiger partial charge in [0.2, 0.25) is 0 Å². The van der Waals surface area contributed by atoms with E-state index in [0.29, 0.717) is 5.56 Å². The van der Waals surface area contributed by atoms with Crippen molar-refractivity contribution in [2.24, 2.45) is 0 Å². The number of carbonyl (C=O) groups excluding carboxylic acids is 1. The SMILES string of the molecule is CNC(=O)c1ccc(NC(C)c2scnc2C)cc1. The number of hydrogen-bond donors (Lipinski definition) is 2. The zero-order valence-electron chi connectivity index (χ0n) is 11.2. The third-order valence-electron chi connectivity index (χ3n) is 2.93. The van der Waals surface area contributed by atoms with Gasteiger partial charge in [-0.3, -0.25) is 4.79 Å². The van der Waals surface area contributed by atoms with Crippen LogP contribution >= 0.6 is 11.3 Å². The van der Waals surface area contributed by atoms with E-state index in [-0.39, 0.29) is 11.9 Å². The summed E-state index contributed by atoms with van der Waals surface area (Å²) >= 11 is 1.65. The summed E-state index contributed by atoms with van der Waals surface area (Å²) in [6.07, 6.45) is 0. The first-order chi connectivity index (χ1) is 9.11. The number of nitrogens with zero attached hydrogens (tertiary/aromatic N) is 1. The molecule has 1 amide bonds. The van der Waals surface area contributed by atoms with Crippen LogP contribution in [0.3, 0.4) is 0 Å². The molecule has 19 heavy (non-hydrogen) atoms. The fourth-order valence-electron chi connectivity index (χ4n) is 1.90. The molecule has 0 fully saturated rings. The Labute approximate surface area is 116 Å². The second kappa shape index (κ2) is 5.84. The molecule has 2 rings (SSSR count). The summed E-state index contributed by atoms with van der Waals surface area (Å²) in [7, 11) is 1.63. The quantitative estimate of drug-likeness (QED) is 0.902. The number of anilines is 1. The second-order valence-electron chi connectivity index (χ2n) is 4.32.